The van der Waals surface area contributed by atoms with Crippen LogP contribution >= 0.6 is 0 Å². The fraction of sp³-hybridized carbons (Fsp3) is 0.286. The molecule has 78 valence electrons. The van der Waals surface area contributed by atoms with E-state index in [9.17, 15) is 0 Å². The summed E-state index contributed by atoms with van der Waals surface area (Å²) >= 11 is 0. The first kappa shape index (κ1) is 10.0. The van der Waals surface area contributed by atoms with Gasteiger partial charge in [0.05, 0.1) is 0 Å². The maximum absolute atomic E-state index is 5.86. The van der Waals surface area contributed by atoms with Crippen molar-refractivity contribution in [2.24, 2.45) is 0 Å². The quantitative estimate of drug-likeness (QED) is 0.530. The van der Waals surface area contributed by atoms with Crippen LogP contribution < -0.4 is 4.74 Å². The van der Waals surface area contributed by atoms with E-state index in [0.29, 0.717) is 0 Å². The summed E-state index contributed by atoms with van der Waals surface area (Å²) in [5, 5.41) is 0. The van der Waals surface area contributed by atoms with Crippen molar-refractivity contribution in [1.29, 1.82) is 0 Å². The van der Waals surface area contributed by atoms with E-state index in [2.05, 4.69) is 24.8 Å². The Hall–Kier alpha value is -1.50. The molecule has 0 radical (unpaired) electrons. The molecule has 1 aromatic rings. The van der Waals surface area contributed by atoms with Crippen molar-refractivity contribution in [3.63, 3.8) is 0 Å². The summed E-state index contributed by atoms with van der Waals surface area (Å²) in [6.07, 6.45) is 9.76. The number of unbranched alkanes of at least 4 members (excludes halogenated alkanes) is 1. The third-order valence-corrected chi connectivity index (χ3v) is 2.58. The fourth-order valence-corrected chi connectivity index (χ4v) is 1.76. The molecule has 0 bridgehead atoms. The third-order valence-electron chi connectivity index (χ3n) is 2.58. The SMILES string of the molecule is C=CCCCC1C=Cc2ccccc2O1. The molecular formula is C14H16O. The predicted molar refractivity (Wildman–Crippen MR) is 63.9 cm³/mol. The molecule has 0 aromatic heterocycles. The van der Waals surface area contributed by atoms with Gasteiger partial charge in [-0.1, -0.05) is 30.4 Å². The Kier molecular flexibility index (Phi) is 3.23. The third kappa shape index (κ3) is 2.50. The summed E-state index contributed by atoms with van der Waals surface area (Å²) in [4.78, 5) is 0. The molecule has 0 aliphatic carbocycles. The lowest BCUT2D eigenvalue weighted by atomic mass is 10.1. The summed E-state index contributed by atoms with van der Waals surface area (Å²) in [5.74, 6) is 1.00. The smallest absolute Gasteiger partial charge is 0.127 e. The Labute approximate surface area is 91.1 Å². The lowest BCUT2D eigenvalue weighted by Gasteiger charge is -2.21. The molecule has 0 spiro atoms. The summed E-state index contributed by atoms with van der Waals surface area (Å²) in [6.45, 7) is 3.72. The van der Waals surface area contributed by atoms with E-state index in [0.717, 1.165) is 25.0 Å². The normalized spacial score (nSPS) is 18.0. The molecule has 1 aliphatic rings. The van der Waals surface area contributed by atoms with E-state index in [1.54, 1.807) is 0 Å². The van der Waals surface area contributed by atoms with Crippen molar-refractivity contribution >= 4 is 6.08 Å². The molecule has 1 heterocycles. The van der Waals surface area contributed by atoms with Crippen LogP contribution in [0, 0.1) is 0 Å². The molecule has 1 atom stereocenters. The van der Waals surface area contributed by atoms with Crippen LogP contribution in [0.15, 0.2) is 43.0 Å². The Balaban J connectivity index is 1.97. The van der Waals surface area contributed by atoms with E-state index in [1.807, 2.05) is 24.3 Å². The van der Waals surface area contributed by atoms with Crippen molar-refractivity contribution in [2.75, 3.05) is 0 Å². The molecule has 0 saturated heterocycles. The second-order valence-electron chi connectivity index (χ2n) is 3.77. The van der Waals surface area contributed by atoms with Gasteiger partial charge in [0.25, 0.3) is 0 Å². The van der Waals surface area contributed by atoms with Gasteiger partial charge in [0.2, 0.25) is 0 Å². The number of benzene rings is 1. The number of hydrogen-bond donors (Lipinski definition) is 0. The van der Waals surface area contributed by atoms with Crippen LogP contribution in [0.2, 0.25) is 0 Å². The Bertz CT molecular complexity index is 365. The van der Waals surface area contributed by atoms with Gasteiger partial charge < -0.3 is 4.74 Å². The van der Waals surface area contributed by atoms with Crippen LogP contribution in [-0.2, 0) is 0 Å². The lowest BCUT2D eigenvalue weighted by molar-refractivity contribution is 0.232. The number of ether oxygens (including phenoxy) is 1. The van der Waals surface area contributed by atoms with Crippen LogP contribution in [0.1, 0.15) is 24.8 Å². The van der Waals surface area contributed by atoms with Crippen molar-refractivity contribution in [3.8, 4) is 5.75 Å². The Morgan fingerprint density at radius 2 is 2.20 bits per heavy atom. The highest BCUT2D eigenvalue weighted by Gasteiger charge is 2.12. The molecule has 1 nitrogen and oxygen atoms in total. The van der Waals surface area contributed by atoms with Crippen molar-refractivity contribution in [1.82, 2.24) is 0 Å². The number of hydrogen-bond acceptors (Lipinski definition) is 1. The number of allylic oxidation sites excluding steroid dienone is 1. The van der Waals surface area contributed by atoms with Gasteiger partial charge in [0.15, 0.2) is 0 Å². The number of rotatable bonds is 4. The van der Waals surface area contributed by atoms with Crippen LogP contribution in [0.3, 0.4) is 0 Å². The fourth-order valence-electron chi connectivity index (χ4n) is 1.76. The molecule has 0 saturated carbocycles. The Morgan fingerprint density at radius 1 is 1.33 bits per heavy atom. The van der Waals surface area contributed by atoms with Crippen LogP contribution in [0.5, 0.6) is 5.75 Å². The average molecular weight is 200 g/mol. The summed E-state index contributed by atoms with van der Waals surface area (Å²) in [5.41, 5.74) is 1.18. The summed E-state index contributed by atoms with van der Waals surface area (Å²) in [6, 6.07) is 8.15. The topological polar surface area (TPSA) is 9.23 Å². The molecule has 1 heteroatoms. The monoisotopic (exact) mass is 200 g/mol. The predicted octanol–water partition coefficient (Wildman–Crippen LogP) is 3.82. The molecule has 15 heavy (non-hydrogen) atoms. The molecule has 1 aliphatic heterocycles. The largest absolute Gasteiger partial charge is 0.486 e. The summed E-state index contributed by atoms with van der Waals surface area (Å²) < 4.78 is 5.86. The number of para-hydroxylation sites is 1. The minimum Gasteiger partial charge on any atom is -0.486 e. The highest BCUT2D eigenvalue weighted by atomic mass is 16.5. The maximum atomic E-state index is 5.86. The molecule has 0 N–H and O–H groups in total. The molecule has 2 rings (SSSR count). The first-order chi connectivity index (χ1) is 7.40. The van der Waals surface area contributed by atoms with Gasteiger partial charge in [0.1, 0.15) is 11.9 Å². The molecule has 1 unspecified atom stereocenters. The van der Waals surface area contributed by atoms with E-state index < -0.39 is 0 Å². The van der Waals surface area contributed by atoms with Gasteiger partial charge in [-0.15, -0.1) is 6.58 Å². The zero-order chi connectivity index (χ0) is 10.5. The van der Waals surface area contributed by atoms with Gasteiger partial charge in [-0.25, -0.2) is 0 Å². The average Bonchev–Trinajstić information content (AvgIpc) is 2.29. The standard InChI is InChI=1S/C14H16O/c1-2-3-4-8-13-11-10-12-7-5-6-9-14(12)15-13/h2,5-7,9-11,13H,1,3-4,8H2. The molecule has 1 aromatic carbocycles. The van der Waals surface area contributed by atoms with Gasteiger partial charge in [-0.05, 0) is 31.4 Å². The van der Waals surface area contributed by atoms with Crippen molar-refractivity contribution in [2.45, 2.75) is 25.4 Å². The van der Waals surface area contributed by atoms with Gasteiger partial charge in [-0.2, -0.15) is 0 Å². The zero-order valence-corrected chi connectivity index (χ0v) is 8.86. The zero-order valence-electron chi connectivity index (χ0n) is 8.86. The molecular weight excluding hydrogens is 184 g/mol. The van der Waals surface area contributed by atoms with E-state index in [-0.39, 0.29) is 6.10 Å². The van der Waals surface area contributed by atoms with E-state index in [1.165, 1.54) is 5.56 Å². The van der Waals surface area contributed by atoms with Crippen LogP contribution in [-0.4, -0.2) is 6.10 Å². The number of fused-ring (bicyclic) bond motifs is 1. The van der Waals surface area contributed by atoms with Crippen LogP contribution in [0.4, 0.5) is 0 Å². The van der Waals surface area contributed by atoms with E-state index >= 15 is 0 Å². The first-order valence-corrected chi connectivity index (χ1v) is 5.45. The van der Waals surface area contributed by atoms with E-state index in [4.69, 9.17) is 4.74 Å². The van der Waals surface area contributed by atoms with Gasteiger partial charge in [-0.3, -0.25) is 0 Å². The minimum absolute atomic E-state index is 0.236. The van der Waals surface area contributed by atoms with Crippen LogP contribution in [0.25, 0.3) is 6.08 Å². The van der Waals surface area contributed by atoms with Gasteiger partial charge in [0, 0.05) is 5.56 Å². The second-order valence-corrected chi connectivity index (χ2v) is 3.77. The maximum Gasteiger partial charge on any atom is 0.127 e. The highest BCUT2D eigenvalue weighted by Crippen LogP contribution is 2.26. The Morgan fingerprint density at radius 3 is 3.07 bits per heavy atom. The second kappa shape index (κ2) is 4.83. The lowest BCUT2D eigenvalue weighted by Crippen LogP contribution is -2.16. The van der Waals surface area contributed by atoms with Crippen molar-refractivity contribution < 1.29 is 4.74 Å². The van der Waals surface area contributed by atoms with Crippen molar-refractivity contribution in [3.05, 3.63) is 48.6 Å². The minimum atomic E-state index is 0.236. The molecule has 0 fully saturated rings. The molecule has 0 amide bonds. The van der Waals surface area contributed by atoms with Gasteiger partial charge >= 0.3 is 0 Å². The summed E-state index contributed by atoms with van der Waals surface area (Å²) in [7, 11) is 0. The highest BCUT2D eigenvalue weighted by molar-refractivity contribution is 5.59. The first-order valence-electron chi connectivity index (χ1n) is 5.45.